The van der Waals surface area contributed by atoms with Crippen LogP contribution in [0.2, 0.25) is 0 Å². The van der Waals surface area contributed by atoms with Crippen molar-refractivity contribution in [3.8, 4) is 0 Å². The molecule has 0 unspecified atom stereocenters. The lowest BCUT2D eigenvalue weighted by molar-refractivity contribution is -0.134. The van der Waals surface area contributed by atoms with Crippen molar-refractivity contribution in [1.29, 1.82) is 0 Å². The molecular weight excluding hydrogens is 286 g/mol. The molecule has 2 aliphatic rings. The molecule has 1 fully saturated rings. The predicted octanol–water partition coefficient (Wildman–Crippen LogP) is 3.09. The standard InChI is InChI=1S/C19H23N3O/c1-14-20-10-12-22(14)16-6-4-11-21(13-16)19(23)18-9-8-15-5-2-3-7-17(15)18/h2-3,5,7,10,12,16,18H,4,6,8-9,11,13H2,1H3/t16-,18+/m1/s1. The van der Waals surface area contributed by atoms with E-state index >= 15 is 0 Å². The van der Waals surface area contributed by atoms with E-state index in [2.05, 4.69) is 38.7 Å². The number of nitrogens with zero attached hydrogens (tertiary/aromatic N) is 3. The topological polar surface area (TPSA) is 38.1 Å². The molecule has 1 aromatic carbocycles. The Kier molecular flexibility index (Phi) is 3.68. The molecule has 1 aliphatic carbocycles. The molecule has 0 saturated carbocycles. The molecule has 1 amide bonds. The number of imidazole rings is 1. The van der Waals surface area contributed by atoms with Gasteiger partial charge in [0.15, 0.2) is 0 Å². The molecule has 4 heteroatoms. The van der Waals surface area contributed by atoms with Crippen molar-refractivity contribution in [1.82, 2.24) is 14.5 Å². The van der Waals surface area contributed by atoms with Gasteiger partial charge >= 0.3 is 0 Å². The van der Waals surface area contributed by atoms with Crippen LogP contribution in [0, 0.1) is 6.92 Å². The van der Waals surface area contributed by atoms with E-state index in [1.165, 1.54) is 11.1 Å². The van der Waals surface area contributed by atoms with Gasteiger partial charge < -0.3 is 9.47 Å². The van der Waals surface area contributed by atoms with Crippen LogP contribution < -0.4 is 0 Å². The van der Waals surface area contributed by atoms with E-state index in [0.717, 1.165) is 44.6 Å². The molecule has 2 heterocycles. The normalized spacial score (nSPS) is 23.8. The Bertz CT molecular complexity index is 721. The zero-order valence-corrected chi connectivity index (χ0v) is 13.6. The van der Waals surface area contributed by atoms with Crippen molar-refractivity contribution in [2.75, 3.05) is 13.1 Å². The van der Waals surface area contributed by atoms with Crippen LogP contribution in [0.25, 0.3) is 0 Å². The van der Waals surface area contributed by atoms with Crippen LogP contribution in [0.1, 0.15) is 48.2 Å². The van der Waals surface area contributed by atoms with Crippen LogP contribution in [-0.2, 0) is 11.2 Å². The number of carbonyl (C=O) groups excluding carboxylic acids is 1. The molecule has 1 saturated heterocycles. The molecule has 1 aromatic heterocycles. The minimum Gasteiger partial charge on any atom is -0.340 e. The van der Waals surface area contributed by atoms with Crippen LogP contribution in [-0.4, -0.2) is 33.4 Å². The van der Waals surface area contributed by atoms with Gasteiger partial charge in [0.25, 0.3) is 0 Å². The van der Waals surface area contributed by atoms with E-state index in [1.807, 2.05) is 19.3 Å². The highest BCUT2D eigenvalue weighted by Crippen LogP contribution is 2.35. The third-order valence-corrected chi connectivity index (χ3v) is 5.39. The largest absolute Gasteiger partial charge is 0.340 e. The van der Waals surface area contributed by atoms with E-state index in [9.17, 15) is 4.79 Å². The van der Waals surface area contributed by atoms with Crippen molar-refractivity contribution in [2.24, 2.45) is 0 Å². The number of likely N-dealkylation sites (tertiary alicyclic amines) is 1. The second-order valence-electron chi connectivity index (χ2n) is 6.75. The number of rotatable bonds is 2. The van der Waals surface area contributed by atoms with Gasteiger partial charge in [-0.25, -0.2) is 4.98 Å². The first-order chi connectivity index (χ1) is 11.2. The Balaban J connectivity index is 1.52. The second-order valence-corrected chi connectivity index (χ2v) is 6.75. The summed E-state index contributed by atoms with van der Waals surface area (Å²) in [6.45, 7) is 3.74. The average Bonchev–Trinajstić information content (AvgIpc) is 3.20. The zero-order chi connectivity index (χ0) is 15.8. The minimum absolute atomic E-state index is 0.0637. The maximum Gasteiger partial charge on any atom is 0.230 e. The number of hydrogen-bond donors (Lipinski definition) is 0. The van der Waals surface area contributed by atoms with E-state index in [0.29, 0.717) is 11.9 Å². The molecule has 0 radical (unpaired) electrons. The van der Waals surface area contributed by atoms with Gasteiger partial charge in [0.05, 0.1) is 12.0 Å². The van der Waals surface area contributed by atoms with Crippen molar-refractivity contribution in [2.45, 2.75) is 44.6 Å². The van der Waals surface area contributed by atoms with Gasteiger partial charge in [0.1, 0.15) is 5.82 Å². The zero-order valence-electron chi connectivity index (χ0n) is 13.6. The smallest absolute Gasteiger partial charge is 0.230 e. The summed E-state index contributed by atoms with van der Waals surface area (Å²) in [5, 5.41) is 0. The van der Waals surface area contributed by atoms with Crippen LogP contribution >= 0.6 is 0 Å². The van der Waals surface area contributed by atoms with Gasteiger partial charge in [-0.1, -0.05) is 24.3 Å². The molecule has 1 aliphatic heterocycles. The highest BCUT2D eigenvalue weighted by Gasteiger charge is 2.34. The Morgan fingerprint density at radius 3 is 2.96 bits per heavy atom. The van der Waals surface area contributed by atoms with Crippen molar-refractivity contribution in [3.63, 3.8) is 0 Å². The van der Waals surface area contributed by atoms with E-state index < -0.39 is 0 Å². The molecule has 23 heavy (non-hydrogen) atoms. The van der Waals surface area contributed by atoms with Crippen molar-refractivity contribution >= 4 is 5.91 Å². The van der Waals surface area contributed by atoms with Gasteiger partial charge in [-0.05, 0) is 43.7 Å². The fraction of sp³-hybridized carbons (Fsp3) is 0.474. The molecule has 0 bridgehead atoms. The molecule has 0 N–H and O–H groups in total. The van der Waals surface area contributed by atoms with Crippen molar-refractivity contribution in [3.05, 3.63) is 53.6 Å². The fourth-order valence-electron chi connectivity index (χ4n) is 4.19. The second kappa shape index (κ2) is 5.84. The molecular formula is C19H23N3O. The molecule has 2 atom stereocenters. The SMILES string of the molecule is Cc1nccn1[C@@H]1CCCN(C(=O)[C@H]2CCc3ccccc32)C1. The first-order valence-electron chi connectivity index (χ1n) is 8.60. The predicted molar refractivity (Wildman–Crippen MR) is 89.3 cm³/mol. The first kappa shape index (κ1) is 14.5. The summed E-state index contributed by atoms with van der Waals surface area (Å²) in [6.07, 6.45) is 8.08. The Labute approximate surface area is 137 Å². The van der Waals surface area contributed by atoms with E-state index in [4.69, 9.17) is 0 Å². The number of aromatic nitrogens is 2. The number of hydrogen-bond acceptors (Lipinski definition) is 2. The summed E-state index contributed by atoms with van der Waals surface area (Å²) < 4.78 is 2.22. The number of carbonyl (C=O) groups is 1. The molecule has 120 valence electrons. The van der Waals surface area contributed by atoms with Gasteiger partial charge in [-0.3, -0.25) is 4.79 Å². The third kappa shape index (κ3) is 2.56. The lowest BCUT2D eigenvalue weighted by atomic mass is 9.97. The average molecular weight is 309 g/mol. The Morgan fingerprint density at radius 1 is 1.26 bits per heavy atom. The highest BCUT2D eigenvalue weighted by atomic mass is 16.2. The lowest BCUT2D eigenvalue weighted by Gasteiger charge is -2.35. The minimum atomic E-state index is 0.0637. The summed E-state index contributed by atoms with van der Waals surface area (Å²) in [7, 11) is 0. The first-order valence-corrected chi connectivity index (χ1v) is 8.60. The van der Waals surface area contributed by atoms with Gasteiger partial charge in [0, 0.05) is 25.5 Å². The van der Waals surface area contributed by atoms with Gasteiger partial charge in [-0.15, -0.1) is 0 Å². The summed E-state index contributed by atoms with van der Waals surface area (Å²) >= 11 is 0. The summed E-state index contributed by atoms with van der Waals surface area (Å²) in [4.78, 5) is 19.5. The number of benzene rings is 1. The maximum absolute atomic E-state index is 13.1. The summed E-state index contributed by atoms with van der Waals surface area (Å²) in [5.41, 5.74) is 2.60. The quantitative estimate of drug-likeness (QED) is 0.855. The number of amides is 1. The summed E-state index contributed by atoms with van der Waals surface area (Å²) in [5.74, 6) is 1.42. The van der Waals surface area contributed by atoms with Crippen LogP contribution in [0.3, 0.4) is 0 Å². The lowest BCUT2D eigenvalue weighted by Crippen LogP contribution is -2.42. The Hall–Kier alpha value is -2.10. The molecule has 2 aromatic rings. The fourth-order valence-corrected chi connectivity index (χ4v) is 4.19. The van der Waals surface area contributed by atoms with E-state index in [1.54, 1.807) is 0 Å². The number of piperidine rings is 1. The molecule has 4 rings (SSSR count). The highest BCUT2D eigenvalue weighted by molar-refractivity contribution is 5.85. The van der Waals surface area contributed by atoms with Gasteiger partial charge in [0.2, 0.25) is 5.91 Å². The number of fused-ring (bicyclic) bond motifs is 1. The molecule has 4 nitrogen and oxygen atoms in total. The van der Waals surface area contributed by atoms with Crippen LogP contribution in [0.5, 0.6) is 0 Å². The summed E-state index contributed by atoms with van der Waals surface area (Å²) in [6, 6.07) is 8.79. The van der Waals surface area contributed by atoms with Gasteiger partial charge in [-0.2, -0.15) is 0 Å². The molecule has 0 spiro atoms. The Morgan fingerprint density at radius 2 is 2.13 bits per heavy atom. The van der Waals surface area contributed by atoms with Crippen LogP contribution in [0.4, 0.5) is 0 Å². The van der Waals surface area contributed by atoms with Crippen LogP contribution in [0.15, 0.2) is 36.7 Å². The monoisotopic (exact) mass is 309 g/mol. The van der Waals surface area contributed by atoms with Crippen molar-refractivity contribution < 1.29 is 4.79 Å². The maximum atomic E-state index is 13.1. The number of aryl methyl sites for hydroxylation is 2. The third-order valence-electron chi connectivity index (χ3n) is 5.39. The van der Waals surface area contributed by atoms with E-state index in [-0.39, 0.29) is 5.92 Å².